The van der Waals surface area contributed by atoms with Crippen molar-refractivity contribution < 1.29 is 14.7 Å². The van der Waals surface area contributed by atoms with E-state index in [0.717, 1.165) is 5.56 Å². The van der Waals surface area contributed by atoms with Crippen molar-refractivity contribution in [1.29, 1.82) is 0 Å². The van der Waals surface area contributed by atoms with Gasteiger partial charge in [-0.1, -0.05) is 23.7 Å². The van der Waals surface area contributed by atoms with Crippen molar-refractivity contribution in [3.8, 4) is 0 Å². The number of hydrazine groups is 1. The highest BCUT2D eigenvalue weighted by Gasteiger charge is 2.36. The first kappa shape index (κ1) is 20.0. The van der Waals surface area contributed by atoms with Crippen LogP contribution in [0.25, 0.3) is 0 Å². The summed E-state index contributed by atoms with van der Waals surface area (Å²) in [5.41, 5.74) is 7.42. The van der Waals surface area contributed by atoms with Crippen molar-refractivity contribution in [2.24, 2.45) is 5.92 Å². The maximum absolute atomic E-state index is 12.4. The summed E-state index contributed by atoms with van der Waals surface area (Å²) in [6.07, 6.45) is 2.58. The molecule has 0 aromatic heterocycles. The van der Waals surface area contributed by atoms with Crippen molar-refractivity contribution in [1.82, 2.24) is 16.2 Å². The summed E-state index contributed by atoms with van der Waals surface area (Å²) in [5.74, 6) is -0.536. The van der Waals surface area contributed by atoms with Gasteiger partial charge in [-0.2, -0.15) is 11.8 Å². The minimum Gasteiger partial charge on any atom is -0.480 e. The van der Waals surface area contributed by atoms with E-state index < -0.39 is 12.0 Å². The fraction of sp³-hybridized carbons (Fsp3) is 0.529. The van der Waals surface area contributed by atoms with Crippen LogP contribution in [-0.2, 0) is 9.59 Å². The second-order valence-corrected chi connectivity index (χ2v) is 7.64. The van der Waals surface area contributed by atoms with E-state index in [9.17, 15) is 14.7 Å². The van der Waals surface area contributed by atoms with Gasteiger partial charge in [0, 0.05) is 23.4 Å². The summed E-state index contributed by atoms with van der Waals surface area (Å²) in [6.45, 7) is 2.00. The lowest BCUT2D eigenvalue weighted by Crippen LogP contribution is -2.42. The van der Waals surface area contributed by atoms with Gasteiger partial charge in [-0.3, -0.25) is 10.2 Å². The SMILES string of the molecule is CSCC[C@H](NC(=O)CC1C(C)NNC1c1ccc(Cl)cc1)C(=O)O. The molecule has 25 heavy (non-hydrogen) atoms. The summed E-state index contributed by atoms with van der Waals surface area (Å²) in [4.78, 5) is 23.7. The van der Waals surface area contributed by atoms with Crippen LogP contribution in [0.5, 0.6) is 0 Å². The number of carboxylic acid groups (broad SMARTS) is 1. The smallest absolute Gasteiger partial charge is 0.326 e. The molecule has 4 atom stereocenters. The van der Waals surface area contributed by atoms with Gasteiger partial charge in [0.05, 0.1) is 6.04 Å². The van der Waals surface area contributed by atoms with E-state index in [-0.39, 0.29) is 30.3 Å². The Labute approximate surface area is 157 Å². The highest BCUT2D eigenvalue weighted by molar-refractivity contribution is 7.98. The summed E-state index contributed by atoms with van der Waals surface area (Å²) < 4.78 is 0. The molecule has 4 N–H and O–H groups in total. The summed E-state index contributed by atoms with van der Waals surface area (Å²) in [5, 5.41) is 12.6. The van der Waals surface area contributed by atoms with Gasteiger partial charge < -0.3 is 10.4 Å². The fourth-order valence-corrected chi connectivity index (χ4v) is 3.58. The number of halogens is 1. The van der Waals surface area contributed by atoms with E-state index in [1.54, 1.807) is 11.8 Å². The predicted molar refractivity (Wildman–Crippen MR) is 101 cm³/mol. The molecule has 0 bridgehead atoms. The average Bonchev–Trinajstić information content (AvgIpc) is 2.93. The quantitative estimate of drug-likeness (QED) is 0.548. The number of benzene rings is 1. The molecule has 6 nitrogen and oxygen atoms in total. The van der Waals surface area contributed by atoms with Crippen LogP contribution >= 0.6 is 23.4 Å². The third-order valence-electron chi connectivity index (χ3n) is 4.43. The van der Waals surface area contributed by atoms with Crippen LogP contribution in [0.3, 0.4) is 0 Å². The number of rotatable bonds is 8. The van der Waals surface area contributed by atoms with E-state index in [0.29, 0.717) is 17.2 Å². The molecule has 1 saturated heterocycles. The maximum Gasteiger partial charge on any atom is 0.326 e. The van der Waals surface area contributed by atoms with E-state index in [2.05, 4.69) is 16.2 Å². The lowest BCUT2D eigenvalue weighted by molar-refractivity contribution is -0.142. The molecular weight excluding hydrogens is 362 g/mol. The minimum absolute atomic E-state index is 0.0103. The second-order valence-electron chi connectivity index (χ2n) is 6.21. The summed E-state index contributed by atoms with van der Waals surface area (Å²) in [6, 6.07) is 6.72. The number of thioether (sulfide) groups is 1. The van der Waals surface area contributed by atoms with Crippen LogP contribution in [0, 0.1) is 5.92 Å². The number of hydrogen-bond acceptors (Lipinski definition) is 5. The Morgan fingerprint density at radius 1 is 1.32 bits per heavy atom. The molecule has 0 saturated carbocycles. The Hall–Kier alpha value is -1.28. The molecule has 3 unspecified atom stereocenters. The van der Waals surface area contributed by atoms with Crippen molar-refractivity contribution in [3.63, 3.8) is 0 Å². The molecule has 2 rings (SSSR count). The Bertz CT molecular complexity index is 599. The van der Waals surface area contributed by atoms with Crippen LogP contribution in [0.4, 0.5) is 0 Å². The van der Waals surface area contributed by atoms with E-state index in [4.69, 9.17) is 11.6 Å². The number of nitrogens with one attached hydrogen (secondary N) is 3. The van der Waals surface area contributed by atoms with Gasteiger partial charge >= 0.3 is 5.97 Å². The Morgan fingerprint density at radius 2 is 2.00 bits per heavy atom. The highest BCUT2D eigenvalue weighted by atomic mass is 35.5. The Morgan fingerprint density at radius 3 is 2.60 bits per heavy atom. The van der Waals surface area contributed by atoms with Crippen LogP contribution in [-0.4, -0.2) is 41.1 Å². The Balaban J connectivity index is 2.01. The zero-order valence-corrected chi connectivity index (χ0v) is 15.9. The van der Waals surface area contributed by atoms with Crippen molar-refractivity contribution >= 4 is 35.2 Å². The van der Waals surface area contributed by atoms with Crippen molar-refractivity contribution in [2.75, 3.05) is 12.0 Å². The first-order valence-electron chi connectivity index (χ1n) is 8.20. The third-order valence-corrected chi connectivity index (χ3v) is 5.33. The van der Waals surface area contributed by atoms with Crippen molar-refractivity contribution in [3.05, 3.63) is 34.9 Å². The molecular formula is C17H24ClN3O3S. The number of aliphatic carboxylic acids is 1. The predicted octanol–water partition coefficient (Wildman–Crippen LogP) is 2.21. The average molecular weight is 386 g/mol. The molecule has 0 spiro atoms. The van der Waals surface area contributed by atoms with Crippen LogP contribution in [0.1, 0.15) is 31.4 Å². The lowest BCUT2D eigenvalue weighted by atomic mass is 9.87. The molecule has 1 fully saturated rings. The number of carbonyl (C=O) groups is 2. The van der Waals surface area contributed by atoms with E-state index in [1.165, 1.54) is 0 Å². The van der Waals surface area contributed by atoms with Gasteiger partial charge in [-0.15, -0.1) is 0 Å². The largest absolute Gasteiger partial charge is 0.480 e. The molecule has 0 radical (unpaired) electrons. The van der Waals surface area contributed by atoms with Crippen LogP contribution < -0.4 is 16.2 Å². The Kier molecular flexibility index (Phi) is 7.56. The summed E-state index contributed by atoms with van der Waals surface area (Å²) >= 11 is 7.50. The molecule has 1 amide bonds. The fourth-order valence-electron chi connectivity index (χ4n) is 2.98. The molecule has 8 heteroatoms. The third kappa shape index (κ3) is 5.60. The van der Waals surface area contributed by atoms with Gasteiger partial charge in [0.25, 0.3) is 0 Å². The molecule has 138 valence electrons. The first-order chi connectivity index (χ1) is 11.9. The van der Waals surface area contributed by atoms with Crippen LogP contribution in [0.2, 0.25) is 5.02 Å². The van der Waals surface area contributed by atoms with Crippen LogP contribution in [0.15, 0.2) is 24.3 Å². The van der Waals surface area contributed by atoms with Gasteiger partial charge in [0.1, 0.15) is 6.04 Å². The van der Waals surface area contributed by atoms with Gasteiger partial charge in [-0.25, -0.2) is 10.2 Å². The molecule has 0 aliphatic carbocycles. The standard InChI is InChI=1S/C17H24ClN3O3S/c1-10-13(9-15(22)19-14(17(23)24)7-8-25-2)16(21-20-10)11-3-5-12(18)6-4-11/h3-6,10,13-14,16,20-21H,7-9H2,1-2H3,(H,19,22)(H,23,24)/t10?,13?,14-,16?/m0/s1. The zero-order valence-electron chi connectivity index (χ0n) is 14.3. The molecule has 1 aromatic carbocycles. The molecule has 1 aliphatic rings. The number of hydrogen-bond donors (Lipinski definition) is 4. The first-order valence-corrected chi connectivity index (χ1v) is 9.97. The molecule has 1 heterocycles. The minimum atomic E-state index is -0.993. The van der Waals surface area contributed by atoms with Gasteiger partial charge in [-0.05, 0) is 43.0 Å². The normalized spacial score (nSPS) is 24.0. The monoisotopic (exact) mass is 385 g/mol. The van der Waals surface area contributed by atoms with E-state index in [1.807, 2.05) is 37.4 Å². The number of carboxylic acids is 1. The maximum atomic E-state index is 12.4. The number of amides is 1. The van der Waals surface area contributed by atoms with Gasteiger partial charge in [0.2, 0.25) is 5.91 Å². The van der Waals surface area contributed by atoms with Crippen molar-refractivity contribution in [2.45, 2.75) is 37.9 Å². The molecule has 1 aliphatic heterocycles. The highest BCUT2D eigenvalue weighted by Crippen LogP contribution is 2.31. The second kappa shape index (κ2) is 9.43. The van der Waals surface area contributed by atoms with Gasteiger partial charge in [0.15, 0.2) is 0 Å². The number of carbonyl (C=O) groups excluding carboxylic acids is 1. The van der Waals surface area contributed by atoms with E-state index >= 15 is 0 Å². The molecule has 1 aromatic rings. The summed E-state index contributed by atoms with van der Waals surface area (Å²) in [7, 11) is 0. The lowest BCUT2D eigenvalue weighted by Gasteiger charge is -2.22. The zero-order chi connectivity index (χ0) is 18.4. The topological polar surface area (TPSA) is 90.5 Å².